The number of fused-ring (bicyclic) bond motifs is 8. The minimum absolute atomic E-state index is 0.346. The number of carbonyl (C=O) groups excluding carboxylic acids is 1. The minimum atomic E-state index is 0.346. The largest absolute Gasteiger partial charge is 0.493 e. The molecule has 0 aliphatic carbocycles. The summed E-state index contributed by atoms with van der Waals surface area (Å²) in [4.78, 5) is 12.0. The number of rotatable bonds is 1. The highest BCUT2D eigenvalue weighted by Crippen LogP contribution is 2.33. The van der Waals surface area contributed by atoms with Crippen LogP contribution < -0.4 is 9.47 Å². The summed E-state index contributed by atoms with van der Waals surface area (Å²) < 4.78 is 11.5. The number of carbonyl (C=O) groups is 1. The maximum absolute atomic E-state index is 12.0. The van der Waals surface area contributed by atoms with E-state index in [1.54, 1.807) is 7.11 Å². The highest BCUT2D eigenvalue weighted by Gasteiger charge is 2.10. The Balaban J connectivity index is 1.92. The Morgan fingerprint density at radius 3 is 2.61 bits per heavy atom. The Bertz CT molecular complexity index is 691. The van der Waals surface area contributed by atoms with Crippen molar-refractivity contribution in [2.75, 3.05) is 7.11 Å². The molecule has 0 atom stereocenters. The van der Waals surface area contributed by atoms with Crippen LogP contribution in [0.3, 0.4) is 0 Å². The van der Waals surface area contributed by atoms with Gasteiger partial charge in [-0.15, -0.1) is 0 Å². The van der Waals surface area contributed by atoms with Crippen molar-refractivity contribution in [3.05, 3.63) is 53.6 Å². The number of hydrogen-bond acceptors (Lipinski definition) is 3. The predicted octanol–water partition coefficient (Wildman–Crippen LogP) is 4.72. The molecule has 2 heterocycles. The summed E-state index contributed by atoms with van der Waals surface area (Å²) in [5.74, 6) is 2.59. The van der Waals surface area contributed by atoms with E-state index in [1.807, 2.05) is 36.4 Å². The second-order valence-electron chi connectivity index (χ2n) is 5.98. The monoisotopic (exact) mass is 310 g/mol. The number of ether oxygens (including phenoxy) is 2. The van der Waals surface area contributed by atoms with Gasteiger partial charge in [-0.3, -0.25) is 4.79 Å². The third-order valence-electron chi connectivity index (χ3n) is 4.22. The van der Waals surface area contributed by atoms with Crippen molar-refractivity contribution in [3.63, 3.8) is 0 Å². The SMILES string of the molecule is COc1cc2ccc1Oc1cccc(c1)CCC(=O)CCCC2. The Hall–Kier alpha value is -2.29. The van der Waals surface area contributed by atoms with E-state index in [4.69, 9.17) is 9.47 Å². The van der Waals surface area contributed by atoms with Crippen LogP contribution in [0.5, 0.6) is 17.2 Å². The number of ketones is 1. The summed E-state index contributed by atoms with van der Waals surface area (Å²) in [6, 6.07) is 14.0. The van der Waals surface area contributed by atoms with Gasteiger partial charge >= 0.3 is 0 Å². The molecule has 4 rings (SSSR count). The normalized spacial score (nSPS) is 15.4. The predicted molar refractivity (Wildman–Crippen MR) is 90.4 cm³/mol. The molecule has 2 aromatic rings. The van der Waals surface area contributed by atoms with Crippen molar-refractivity contribution in [1.29, 1.82) is 0 Å². The standard InChI is InChI=1S/C20H22O3/c1-22-20-14-16-5-2-3-7-17(21)11-9-15-6-4-8-18(13-15)23-19(20)12-10-16/h4,6,8,10,12-14H,2-3,5,7,9,11H2,1H3. The first-order chi connectivity index (χ1) is 11.2. The number of aryl methyl sites for hydroxylation is 2. The van der Waals surface area contributed by atoms with Gasteiger partial charge in [0.15, 0.2) is 11.5 Å². The third-order valence-corrected chi connectivity index (χ3v) is 4.22. The van der Waals surface area contributed by atoms with E-state index in [0.29, 0.717) is 18.6 Å². The molecule has 120 valence electrons. The second-order valence-corrected chi connectivity index (χ2v) is 5.98. The molecule has 0 aromatic heterocycles. The van der Waals surface area contributed by atoms with Crippen LogP contribution >= 0.6 is 0 Å². The second kappa shape index (κ2) is 7.32. The van der Waals surface area contributed by atoms with Gasteiger partial charge in [-0.2, -0.15) is 0 Å². The molecule has 0 unspecified atom stereocenters. The molecule has 2 aromatic carbocycles. The van der Waals surface area contributed by atoms with E-state index in [0.717, 1.165) is 48.5 Å². The molecule has 23 heavy (non-hydrogen) atoms. The van der Waals surface area contributed by atoms with Crippen LogP contribution in [0.2, 0.25) is 0 Å². The first-order valence-electron chi connectivity index (χ1n) is 8.20. The Labute approximate surface area is 137 Å². The molecule has 0 saturated carbocycles. The maximum atomic E-state index is 12.0. The van der Waals surface area contributed by atoms with Crippen LogP contribution in [0.1, 0.15) is 36.8 Å². The summed E-state index contributed by atoms with van der Waals surface area (Å²) in [5.41, 5.74) is 2.34. The molecule has 0 saturated heterocycles. The van der Waals surface area contributed by atoms with E-state index in [2.05, 4.69) is 6.07 Å². The molecular weight excluding hydrogens is 288 g/mol. The van der Waals surface area contributed by atoms with Gasteiger partial charge in [0.2, 0.25) is 0 Å². The van der Waals surface area contributed by atoms with Gasteiger partial charge < -0.3 is 9.47 Å². The van der Waals surface area contributed by atoms with Gasteiger partial charge in [0.05, 0.1) is 7.11 Å². The van der Waals surface area contributed by atoms with Crippen LogP contribution in [0, 0.1) is 0 Å². The summed E-state index contributed by atoms with van der Waals surface area (Å²) in [5, 5.41) is 0. The van der Waals surface area contributed by atoms with Gasteiger partial charge in [0.1, 0.15) is 11.5 Å². The Morgan fingerprint density at radius 2 is 1.74 bits per heavy atom. The number of hydrogen-bond donors (Lipinski definition) is 0. The van der Waals surface area contributed by atoms with E-state index in [1.165, 1.54) is 5.56 Å². The molecule has 3 heteroatoms. The lowest BCUT2D eigenvalue weighted by molar-refractivity contribution is -0.119. The molecule has 0 spiro atoms. The fourth-order valence-electron chi connectivity index (χ4n) is 2.90. The fraction of sp³-hybridized carbons (Fsp3) is 0.350. The smallest absolute Gasteiger partial charge is 0.169 e. The molecule has 2 aliphatic rings. The summed E-state index contributed by atoms with van der Waals surface area (Å²) in [6.45, 7) is 0. The minimum Gasteiger partial charge on any atom is -0.493 e. The lowest BCUT2D eigenvalue weighted by Gasteiger charge is -2.12. The van der Waals surface area contributed by atoms with Gasteiger partial charge in [0.25, 0.3) is 0 Å². The van der Waals surface area contributed by atoms with Crippen molar-refractivity contribution >= 4 is 5.78 Å². The zero-order valence-electron chi connectivity index (χ0n) is 13.5. The Kier molecular flexibility index (Phi) is 4.96. The summed E-state index contributed by atoms with van der Waals surface area (Å²) >= 11 is 0. The van der Waals surface area contributed by atoms with Crippen molar-refractivity contribution < 1.29 is 14.3 Å². The van der Waals surface area contributed by atoms with Crippen LogP contribution in [0.15, 0.2) is 42.5 Å². The van der Waals surface area contributed by atoms with Gasteiger partial charge in [-0.25, -0.2) is 0 Å². The average molecular weight is 310 g/mol. The quantitative estimate of drug-likeness (QED) is 0.765. The first kappa shape index (κ1) is 15.6. The van der Waals surface area contributed by atoms with Crippen LogP contribution in [0.25, 0.3) is 0 Å². The number of methoxy groups -OCH3 is 1. The lowest BCUT2D eigenvalue weighted by Crippen LogP contribution is -2.00. The van der Waals surface area contributed by atoms with Crippen LogP contribution in [-0.4, -0.2) is 12.9 Å². The highest BCUT2D eigenvalue weighted by molar-refractivity contribution is 5.78. The highest BCUT2D eigenvalue weighted by atomic mass is 16.5. The molecule has 2 aliphatic heterocycles. The lowest BCUT2D eigenvalue weighted by atomic mass is 10.0. The van der Waals surface area contributed by atoms with Gasteiger partial charge in [0, 0.05) is 12.8 Å². The molecule has 3 nitrogen and oxygen atoms in total. The molecule has 0 amide bonds. The van der Waals surface area contributed by atoms with E-state index >= 15 is 0 Å². The van der Waals surface area contributed by atoms with Crippen molar-refractivity contribution in [2.24, 2.45) is 0 Å². The zero-order chi connectivity index (χ0) is 16.1. The average Bonchev–Trinajstić information content (AvgIpc) is 2.58. The number of Topliss-reactive ketones (excluding diaryl/α,β-unsaturated/α-hetero) is 1. The van der Waals surface area contributed by atoms with E-state index in [-0.39, 0.29) is 0 Å². The summed E-state index contributed by atoms with van der Waals surface area (Å²) in [6.07, 6.45) is 4.97. The molecule has 0 radical (unpaired) electrons. The topological polar surface area (TPSA) is 35.5 Å². The number of benzene rings is 2. The Morgan fingerprint density at radius 1 is 0.913 bits per heavy atom. The van der Waals surface area contributed by atoms with E-state index in [9.17, 15) is 4.79 Å². The molecule has 0 N–H and O–H groups in total. The van der Waals surface area contributed by atoms with Gasteiger partial charge in [-0.1, -0.05) is 18.2 Å². The van der Waals surface area contributed by atoms with Crippen molar-refractivity contribution in [1.82, 2.24) is 0 Å². The zero-order valence-corrected chi connectivity index (χ0v) is 13.5. The third kappa shape index (κ3) is 4.13. The van der Waals surface area contributed by atoms with E-state index < -0.39 is 0 Å². The van der Waals surface area contributed by atoms with Crippen molar-refractivity contribution in [2.45, 2.75) is 38.5 Å². The first-order valence-corrected chi connectivity index (χ1v) is 8.20. The van der Waals surface area contributed by atoms with Crippen LogP contribution in [-0.2, 0) is 17.6 Å². The summed E-state index contributed by atoms with van der Waals surface area (Å²) in [7, 11) is 1.66. The maximum Gasteiger partial charge on any atom is 0.169 e. The molecule has 0 fully saturated rings. The van der Waals surface area contributed by atoms with Gasteiger partial charge in [-0.05, 0) is 61.1 Å². The van der Waals surface area contributed by atoms with Crippen LogP contribution in [0.4, 0.5) is 0 Å². The molecular formula is C20H22O3. The molecule has 4 bridgehead atoms. The van der Waals surface area contributed by atoms with Crippen molar-refractivity contribution in [3.8, 4) is 17.2 Å². The fourth-order valence-corrected chi connectivity index (χ4v) is 2.90.